The van der Waals surface area contributed by atoms with Gasteiger partial charge in [-0.15, -0.1) is 0 Å². The number of rotatable bonds is 6. The van der Waals surface area contributed by atoms with Crippen LogP contribution in [0.4, 0.5) is 4.39 Å². The quantitative estimate of drug-likeness (QED) is 0.816. The second-order valence-corrected chi connectivity index (χ2v) is 8.18. The molecular weight excluding hydrogens is 303 g/mol. The molecule has 0 bridgehead atoms. The predicted molar refractivity (Wildman–Crippen MR) is 85.6 cm³/mol. The number of nitrogens with one attached hydrogen (secondary N) is 1. The summed E-state index contributed by atoms with van der Waals surface area (Å²) in [6.07, 6.45) is 2.02. The van der Waals surface area contributed by atoms with E-state index in [0.29, 0.717) is 18.4 Å². The van der Waals surface area contributed by atoms with Gasteiger partial charge in [0.2, 0.25) is 10.0 Å². The van der Waals surface area contributed by atoms with E-state index in [-0.39, 0.29) is 4.90 Å². The molecule has 0 spiro atoms. The zero-order chi connectivity index (χ0) is 16.2. The Hall–Kier alpha value is -0.980. The van der Waals surface area contributed by atoms with Crippen LogP contribution < -0.4 is 4.72 Å². The maximum atomic E-state index is 13.1. The van der Waals surface area contributed by atoms with Crippen molar-refractivity contribution in [2.24, 2.45) is 11.8 Å². The average molecular weight is 328 g/mol. The molecule has 1 aromatic rings. The first-order valence-electron chi connectivity index (χ1n) is 7.84. The molecule has 22 heavy (non-hydrogen) atoms. The molecular formula is C16H25FN2O2S. The summed E-state index contributed by atoms with van der Waals surface area (Å²) in [5.41, 5.74) is 0. The maximum Gasteiger partial charge on any atom is 0.240 e. The van der Waals surface area contributed by atoms with Crippen molar-refractivity contribution in [3.8, 4) is 0 Å². The Morgan fingerprint density at radius 3 is 2.59 bits per heavy atom. The van der Waals surface area contributed by atoms with Gasteiger partial charge in [-0.05, 0) is 49.4 Å². The van der Waals surface area contributed by atoms with Crippen molar-refractivity contribution in [2.75, 3.05) is 26.2 Å². The highest BCUT2D eigenvalue weighted by Crippen LogP contribution is 2.20. The van der Waals surface area contributed by atoms with E-state index in [1.54, 1.807) is 0 Å². The minimum Gasteiger partial charge on any atom is -0.303 e. The van der Waals surface area contributed by atoms with E-state index in [4.69, 9.17) is 0 Å². The molecule has 1 aliphatic rings. The van der Waals surface area contributed by atoms with Gasteiger partial charge in [0, 0.05) is 19.6 Å². The van der Waals surface area contributed by atoms with Crippen molar-refractivity contribution >= 4 is 10.0 Å². The van der Waals surface area contributed by atoms with Gasteiger partial charge in [-0.2, -0.15) is 0 Å². The minimum absolute atomic E-state index is 0.0206. The lowest BCUT2D eigenvalue weighted by atomic mass is 9.92. The lowest BCUT2D eigenvalue weighted by Crippen LogP contribution is -2.40. The van der Waals surface area contributed by atoms with E-state index in [1.165, 1.54) is 24.6 Å². The minimum atomic E-state index is -3.62. The number of likely N-dealkylation sites (tertiary alicyclic amines) is 1. The number of benzene rings is 1. The Balaban J connectivity index is 1.78. The molecule has 1 fully saturated rings. The van der Waals surface area contributed by atoms with Crippen molar-refractivity contribution in [1.82, 2.24) is 9.62 Å². The molecule has 6 heteroatoms. The van der Waals surface area contributed by atoms with Crippen LogP contribution in [0.2, 0.25) is 0 Å². The molecule has 1 heterocycles. The molecule has 0 saturated carbocycles. The summed E-state index contributed by atoms with van der Waals surface area (Å²) in [5, 5.41) is 0. The third kappa shape index (κ3) is 5.04. The summed E-state index contributed by atoms with van der Waals surface area (Å²) in [6, 6.07) is 5.08. The van der Waals surface area contributed by atoms with Crippen LogP contribution in [0.5, 0.6) is 0 Å². The number of halogens is 1. The third-order valence-corrected chi connectivity index (χ3v) is 5.45. The molecule has 1 N–H and O–H groups in total. The summed E-state index contributed by atoms with van der Waals surface area (Å²) in [5.74, 6) is 0.861. The molecule has 124 valence electrons. The van der Waals surface area contributed by atoms with Crippen LogP contribution in [-0.2, 0) is 10.0 Å². The summed E-state index contributed by atoms with van der Waals surface area (Å²) in [6.45, 7) is 7.95. The van der Waals surface area contributed by atoms with Crippen LogP contribution in [0.1, 0.15) is 26.7 Å². The summed E-state index contributed by atoms with van der Waals surface area (Å²) in [4.78, 5) is 2.38. The topological polar surface area (TPSA) is 49.4 Å². The van der Waals surface area contributed by atoms with Gasteiger partial charge < -0.3 is 4.90 Å². The van der Waals surface area contributed by atoms with Gasteiger partial charge in [-0.3, -0.25) is 0 Å². The van der Waals surface area contributed by atoms with Crippen molar-refractivity contribution in [3.63, 3.8) is 0 Å². The highest BCUT2D eigenvalue weighted by Gasteiger charge is 2.21. The molecule has 0 aromatic heterocycles. The highest BCUT2D eigenvalue weighted by molar-refractivity contribution is 7.89. The Kier molecular flexibility index (Phi) is 5.94. The van der Waals surface area contributed by atoms with Crippen molar-refractivity contribution in [1.29, 1.82) is 0 Å². The van der Waals surface area contributed by atoms with Crippen molar-refractivity contribution < 1.29 is 12.8 Å². The summed E-state index contributed by atoms with van der Waals surface area (Å²) >= 11 is 0. The second-order valence-electron chi connectivity index (χ2n) is 6.41. The Morgan fingerprint density at radius 1 is 1.27 bits per heavy atom. The average Bonchev–Trinajstić information content (AvgIpc) is 2.43. The predicted octanol–water partition coefficient (Wildman–Crippen LogP) is 2.47. The fourth-order valence-electron chi connectivity index (χ4n) is 3.20. The van der Waals surface area contributed by atoms with Crippen LogP contribution in [0, 0.1) is 17.7 Å². The molecule has 2 rings (SSSR count). The molecule has 0 aliphatic carbocycles. The van der Waals surface area contributed by atoms with Gasteiger partial charge in [0.05, 0.1) is 4.90 Å². The lowest BCUT2D eigenvalue weighted by Gasteiger charge is -2.34. The second kappa shape index (κ2) is 7.53. The van der Waals surface area contributed by atoms with Crippen LogP contribution in [0.3, 0.4) is 0 Å². The van der Waals surface area contributed by atoms with Crippen LogP contribution in [0.25, 0.3) is 0 Å². The number of sulfonamides is 1. The Morgan fingerprint density at radius 2 is 1.95 bits per heavy atom. The smallest absolute Gasteiger partial charge is 0.240 e. The molecule has 1 saturated heterocycles. The lowest BCUT2D eigenvalue weighted by molar-refractivity contribution is 0.140. The molecule has 0 amide bonds. The maximum absolute atomic E-state index is 13.1. The van der Waals surface area contributed by atoms with Gasteiger partial charge in [0.25, 0.3) is 0 Å². The van der Waals surface area contributed by atoms with E-state index < -0.39 is 15.8 Å². The van der Waals surface area contributed by atoms with E-state index in [0.717, 1.165) is 32.1 Å². The fraction of sp³-hybridized carbons (Fsp3) is 0.625. The van der Waals surface area contributed by atoms with E-state index in [2.05, 4.69) is 23.5 Å². The first-order valence-corrected chi connectivity index (χ1v) is 9.33. The molecule has 1 aliphatic heterocycles. The van der Waals surface area contributed by atoms with Crippen LogP contribution >= 0.6 is 0 Å². The van der Waals surface area contributed by atoms with Gasteiger partial charge in [-0.25, -0.2) is 17.5 Å². The summed E-state index contributed by atoms with van der Waals surface area (Å²) in [7, 11) is -3.62. The molecule has 2 atom stereocenters. The number of hydrogen-bond acceptors (Lipinski definition) is 3. The van der Waals surface area contributed by atoms with Gasteiger partial charge in [0.1, 0.15) is 5.82 Å². The van der Waals surface area contributed by atoms with Gasteiger partial charge >= 0.3 is 0 Å². The van der Waals surface area contributed by atoms with E-state index in [9.17, 15) is 12.8 Å². The highest BCUT2D eigenvalue weighted by atomic mass is 32.2. The van der Waals surface area contributed by atoms with Crippen LogP contribution in [-0.4, -0.2) is 39.5 Å². The largest absolute Gasteiger partial charge is 0.303 e. The normalized spacial score (nSPS) is 23.6. The van der Waals surface area contributed by atoms with Gasteiger partial charge in [-0.1, -0.05) is 19.9 Å². The Bertz CT molecular complexity index is 582. The van der Waals surface area contributed by atoms with Crippen molar-refractivity contribution in [2.45, 2.75) is 31.6 Å². The van der Waals surface area contributed by atoms with Gasteiger partial charge in [0.15, 0.2) is 0 Å². The Labute approximate surface area is 132 Å². The van der Waals surface area contributed by atoms with Crippen molar-refractivity contribution in [3.05, 3.63) is 30.1 Å². The number of hydrogen-bond donors (Lipinski definition) is 1. The third-order valence-electron chi connectivity index (χ3n) is 3.99. The number of piperidine rings is 1. The first-order chi connectivity index (χ1) is 10.4. The van der Waals surface area contributed by atoms with E-state index in [1.807, 2.05) is 0 Å². The monoisotopic (exact) mass is 328 g/mol. The van der Waals surface area contributed by atoms with E-state index >= 15 is 0 Å². The number of nitrogens with zero attached hydrogens (tertiary/aromatic N) is 1. The first kappa shape index (κ1) is 17.4. The molecule has 4 nitrogen and oxygen atoms in total. The van der Waals surface area contributed by atoms with Crippen LogP contribution in [0.15, 0.2) is 29.2 Å². The SMILES string of the molecule is C[C@H]1C[C@H](C)CN(CCCNS(=O)(=O)c2cccc(F)c2)C1. The molecule has 1 aromatic carbocycles. The zero-order valence-corrected chi connectivity index (χ0v) is 14.1. The zero-order valence-electron chi connectivity index (χ0n) is 13.3. The molecule has 0 unspecified atom stereocenters. The standard InChI is InChI=1S/C16H25FN2O2S/c1-13-9-14(2)12-19(11-13)8-4-7-18-22(20,21)16-6-3-5-15(17)10-16/h3,5-6,10,13-14,18H,4,7-9,11-12H2,1-2H3/t13-,14-/m0/s1. The molecule has 0 radical (unpaired) electrons. The summed E-state index contributed by atoms with van der Waals surface area (Å²) < 4.78 is 39.7. The fourth-order valence-corrected chi connectivity index (χ4v) is 4.31.